The largest absolute Gasteiger partial charge is 0.311 e. The van der Waals surface area contributed by atoms with E-state index < -0.39 is 5.92 Å². The van der Waals surface area contributed by atoms with Crippen molar-refractivity contribution < 1.29 is 8.78 Å². The maximum absolute atomic E-state index is 12.8. The summed E-state index contributed by atoms with van der Waals surface area (Å²) in [6.45, 7) is 4.38. The summed E-state index contributed by atoms with van der Waals surface area (Å²) < 4.78 is 25.6. The average molecular weight is 270 g/mol. The Hall–Kier alpha value is -0.690. The third-order valence-corrected chi connectivity index (χ3v) is 5.20. The van der Waals surface area contributed by atoms with E-state index in [9.17, 15) is 8.78 Å². The molecule has 0 aliphatic heterocycles. The molecular weight excluding hydrogens is 246 g/mol. The van der Waals surface area contributed by atoms with Gasteiger partial charge < -0.3 is 5.32 Å². The van der Waals surface area contributed by atoms with Crippen molar-refractivity contribution >= 4 is 0 Å². The summed E-state index contributed by atoms with van der Waals surface area (Å²) >= 11 is 0. The van der Waals surface area contributed by atoms with Gasteiger partial charge in [-0.25, -0.2) is 8.78 Å². The Balaban J connectivity index is 1.80. The third-order valence-electron chi connectivity index (χ3n) is 5.20. The normalized spacial score (nSPS) is 34.8. The lowest BCUT2D eigenvalue weighted by Crippen LogP contribution is -2.53. The van der Waals surface area contributed by atoms with Crippen LogP contribution in [0.15, 0.2) is 0 Å². The topological polar surface area (TPSA) is 35.8 Å². The molecule has 108 valence electrons. The van der Waals surface area contributed by atoms with Crippen molar-refractivity contribution in [2.24, 2.45) is 11.3 Å². The molecule has 0 bridgehead atoms. The highest BCUT2D eigenvalue weighted by Crippen LogP contribution is 2.46. The second-order valence-corrected chi connectivity index (χ2v) is 6.75. The Morgan fingerprint density at radius 3 is 2.21 bits per heavy atom. The Morgan fingerprint density at radius 1 is 1.21 bits per heavy atom. The highest BCUT2D eigenvalue weighted by molar-refractivity contribution is 4.98. The lowest BCUT2D eigenvalue weighted by molar-refractivity contribution is -0.0963. The van der Waals surface area contributed by atoms with Crippen LogP contribution < -0.4 is 5.32 Å². The molecule has 2 saturated carbocycles. The van der Waals surface area contributed by atoms with Gasteiger partial charge >= 0.3 is 0 Å². The number of hydrogen-bond donors (Lipinski definition) is 1. The fourth-order valence-electron chi connectivity index (χ4n) is 3.59. The zero-order chi connectivity index (χ0) is 14.1. The molecule has 0 atom stereocenters. The van der Waals surface area contributed by atoms with Crippen molar-refractivity contribution in [1.29, 1.82) is 5.26 Å². The molecule has 0 aromatic carbocycles. The monoisotopic (exact) mass is 270 g/mol. The van der Waals surface area contributed by atoms with Gasteiger partial charge in [0.15, 0.2) is 0 Å². The van der Waals surface area contributed by atoms with Crippen molar-refractivity contribution in [2.45, 2.75) is 76.8 Å². The van der Waals surface area contributed by atoms with Crippen LogP contribution in [0.1, 0.15) is 58.8 Å². The number of rotatable bonds is 4. The van der Waals surface area contributed by atoms with Gasteiger partial charge in [-0.1, -0.05) is 13.8 Å². The van der Waals surface area contributed by atoms with E-state index >= 15 is 0 Å². The molecule has 2 aliphatic rings. The lowest BCUT2D eigenvalue weighted by atomic mass is 9.64. The maximum Gasteiger partial charge on any atom is 0.251 e. The molecule has 0 saturated heterocycles. The highest BCUT2D eigenvalue weighted by atomic mass is 19.3. The minimum absolute atomic E-state index is 0.00233. The first-order chi connectivity index (χ1) is 8.87. The minimum atomic E-state index is -2.44. The Morgan fingerprint density at radius 2 is 1.79 bits per heavy atom. The summed E-state index contributed by atoms with van der Waals surface area (Å²) in [4.78, 5) is 0. The predicted octanol–water partition coefficient (Wildman–Crippen LogP) is 3.87. The first kappa shape index (κ1) is 14.7. The first-order valence-corrected chi connectivity index (χ1v) is 7.38. The number of nitrogens with one attached hydrogen (secondary N) is 1. The molecule has 0 aromatic heterocycles. The van der Waals surface area contributed by atoms with Gasteiger partial charge in [0.05, 0.1) is 6.07 Å². The molecule has 1 N–H and O–H groups in total. The summed E-state index contributed by atoms with van der Waals surface area (Å²) in [6, 6.07) is 2.70. The molecule has 0 unspecified atom stereocenters. The van der Waals surface area contributed by atoms with Gasteiger partial charge in [-0.05, 0) is 37.0 Å². The Kier molecular flexibility index (Phi) is 4.15. The fraction of sp³-hybridized carbons (Fsp3) is 0.933. The van der Waals surface area contributed by atoms with Gasteiger partial charge in [0.2, 0.25) is 0 Å². The first-order valence-electron chi connectivity index (χ1n) is 7.38. The van der Waals surface area contributed by atoms with E-state index in [0.29, 0.717) is 18.4 Å². The highest BCUT2D eigenvalue weighted by Gasteiger charge is 2.46. The van der Waals surface area contributed by atoms with E-state index in [1.165, 1.54) is 0 Å². The SMILES string of the molecule is CC(C)[C@]1(CC#N)CC[C@@H](NC2CC(F)(F)C2)CC1. The van der Waals surface area contributed by atoms with Gasteiger partial charge in [-0.2, -0.15) is 5.26 Å². The number of halogens is 2. The van der Waals surface area contributed by atoms with Crippen LogP contribution in [0.5, 0.6) is 0 Å². The van der Waals surface area contributed by atoms with E-state index in [-0.39, 0.29) is 24.3 Å². The number of nitriles is 1. The maximum atomic E-state index is 12.8. The third kappa shape index (κ3) is 3.25. The second-order valence-electron chi connectivity index (χ2n) is 6.75. The fourth-order valence-corrected chi connectivity index (χ4v) is 3.59. The summed E-state index contributed by atoms with van der Waals surface area (Å²) in [5.41, 5.74) is 0.149. The Labute approximate surface area is 114 Å². The Bertz CT molecular complexity index is 344. The van der Waals surface area contributed by atoms with Gasteiger partial charge in [0.1, 0.15) is 0 Å². The van der Waals surface area contributed by atoms with Crippen LogP contribution in [0.2, 0.25) is 0 Å². The van der Waals surface area contributed by atoms with Crippen molar-refractivity contribution in [2.75, 3.05) is 0 Å². The number of hydrogen-bond acceptors (Lipinski definition) is 2. The van der Waals surface area contributed by atoms with Crippen LogP contribution in [-0.4, -0.2) is 18.0 Å². The van der Waals surface area contributed by atoms with Crippen LogP contribution >= 0.6 is 0 Å². The van der Waals surface area contributed by atoms with E-state index in [1.807, 2.05) is 0 Å². The smallest absolute Gasteiger partial charge is 0.251 e. The summed E-state index contributed by atoms with van der Waals surface area (Å²) in [7, 11) is 0. The van der Waals surface area contributed by atoms with Crippen LogP contribution in [-0.2, 0) is 0 Å². The quantitative estimate of drug-likeness (QED) is 0.841. The summed E-state index contributed by atoms with van der Waals surface area (Å²) in [5.74, 6) is -1.92. The van der Waals surface area contributed by atoms with E-state index in [1.54, 1.807) is 0 Å². The predicted molar refractivity (Wildman–Crippen MR) is 70.9 cm³/mol. The molecule has 0 heterocycles. The van der Waals surface area contributed by atoms with Crippen LogP contribution in [0.3, 0.4) is 0 Å². The van der Waals surface area contributed by atoms with E-state index in [4.69, 9.17) is 5.26 Å². The standard InChI is InChI=1S/C15H24F2N2/c1-11(2)14(7-8-18)5-3-12(4-6-14)19-13-9-15(16,17)10-13/h11-13,19H,3-7,9-10H2,1-2H3/t12-,14-. The van der Waals surface area contributed by atoms with Crippen molar-refractivity contribution in [3.05, 3.63) is 0 Å². The van der Waals surface area contributed by atoms with Crippen LogP contribution in [0.25, 0.3) is 0 Å². The van der Waals surface area contributed by atoms with Gasteiger partial charge in [0, 0.05) is 31.3 Å². The van der Waals surface area contributed by atoms with Crippen molar-refractivity contribution in [3.63, 3.8) is 0 Å². The summed E-state index contributed by atoms with van der Waals surface area (Å²) in [5, 5.41) is 12.4. The molecule has 2 rings (SSSR count). The zero-order valence-electron chi connectivity index (χ0n) is 11.9. The molecule has 2 fully saturated rings. The summed E-state index contributed by atoms with van der Waals surface area (Å²) in [6.07, 6.45) is 4.73. The number of alkyl halides is 2. The second kappa shape index (κ2) is 5.36. The van der Waals surface area contributed by atoms with Crippen molar-refractivity contribution in [3.8, 4) is 6.07 Å². The molecule has 0 amide bonds. The van der Waals surface area contributed by atoms with Gasteiger partial charge in [0.25, 0.3) is 5.92 Å². The average Bonchev–Trinajstić information content (AvgIpc) is 2.29. The van der Waals surface area contributed by atoms with Crippen molar-refractivity contribution in [1.82, 2.24) is 5.32 Å². The van der Waals surface area contributed by atoms with Crippen LogP contribution in [0, 0.1) is 22.7 Å². The number of nitrogens with zero attached hydrogens (tertiary/aromatic N) is 1. The van der Waals surface area contributed by atoms with Gasteiger partial charge in [-0.15, -0.1) is 0 Å². The molecule has 0 radical (unpaired) electrons. The molecule has 2 nitrogen and oxygen atoms in total. The molecule has 0 spiro atoms. The van der Waals surface area contributed by atoms with E-state index in [0.717, 1.165) is 25.7 Å². The van der Waals surface area contributed by atoms with Gasteiger partial charge in [-0.3, -0.25) is 0 Å². The zero-order valence-corrected chi connectivity index (χ0v) is 11.9. The molecule has 2 aliphatic carbocycles. The van der Waals surface area contributed by atoms with E-state index in [2.05, 4.69) is 25.2 Å². The molecule has 4 heteroatoms. The minimum Gasteiger partial charge on any atom is -0.311 e. The van der Waals surface area contributed by atoms with Crippen LogP contribution in [0.4, 0.5) is 8.78 Å². The molecule has 0 aromatic rings. The molecular formula is C15H24F2N2. The lowest BCUT2D eigenvalue weighted by Gasteiger charge is -2.45. The molecule has 19 heavy (non-hydrogen) atoms.